The van der Waals surface area contributed by atoms with Gasteiger partial charge in [-0.1, -0.05) is 0 Å². The second-order valence-corrected chi connectivity index (χ2v) is 5.05. The van der Waals surface area contributed by atoms with Gasteiger partial charge in [0.05, 0.1) is 23.1 Å². The highest BCUT2D eigenvalue weighted by atomic mass is 16.2. The first kappa shape index (κ1) is 11.8. The van der Waals surface area contributed by atoms with Crippen LogP contribution in [0.5, 0.6) is 0 Å². The van der Waals surface area contributed by atoms with E-state index in [0.717, 1.165) is 23.0 Å². The lowest BCUT2D eigenvalue weighted by atomic mass is 10.0. The van der Waals surface area contributed by atoms with E-state index in [0.29, 0.717) is 18.7 Å². The number of anilines is 2. The molecule has 1 unspecified atom stereocenters. The van der Waals surface area contributed by atoms with Crippen molar-refractivity contribution < 1.29 is 4.79 Å². The smallest absolute Gasteiger partial charge is 0.222 e. The van der Waals surface area contributed by atoms with Gasteiger partial charge in [0.2, 0.25) is 5.91 Å². The molecule has 3 rings (SSSR count). The fourth-order valence-electron chi connectivity index (χ4n) is 2.48. The van der Waals surface area contributed by atoms with Crippen molar-refractivity contribution in [2.75, 3.05) is 24.6 Å². The first-order valence-corrected chi connectivity index (χ1v) is 6.36. The lowest BCUT2D eigenvalue weighted by molar-refractivity contribution is -0.132. The molecule has 0 saturated carbocycles. The average Bonchev–Trinajstić information content (AvgIpc) is 2.81. The molecule has 19 heavy (non-hydrogen) atoms. The van der Waals surface area contributed by atoms with Gasteiger partial charge in [-0.25, -0.2) is 0 Å². The molecular formula is C13H17N5O. The van der Waals surface area contributed by atoms with Crippen molar-refractivity contribution >= 4 is 28.2 Å². The molecule has 0 bridgehead atoms. The van der Waals surface area contributed by atoms with Gasteiger partial charge in [0.1, 0.15) is 0 Å². The van der Waals surface area contributed by atoms with Crippen molar-refractivity contribution in [2.24, 2.45) is 0 Å². The molecule has 2 heterocycles. The van der Waals surface area contributed by atoms with E-state index >= 15 is 0 Å². The fraction of sp³-hybridized carbons (Fsp3) is 0.385. The summed E-state index contributed by atoms with van der Waals surface area (Å²) in [5, 5.41) is 11.3. The van der Waals surface area contributed by atoms with Gasteiger partial charge in [-0.15, -0.1) is 0 Å². The van der Waals surface area contributed by atoms with E-state index in [4.69, 9.17) is 5.73 Å². The van der Waals surface area contributed by atoms with Gasteiger partial charge in [-0.05, 0) is 18.6 Å². The Hall–Kier alpha value is -2.24. The molecule has 1 aliphatic rings. The van der Waals surface area contributed by atoms with E-state index in [1.807, 2.05) is 19.2 Å². The molecule has 6 heteroatoms. The van der Waals surface area contributed by atoms with E-state index in [9.17, 15) is 4.79 Å². The van der Waals surface area contributed by atoms with Crippen molar-refractivity contribution in [3.05, 3.63) is 18.3 Å². The number of fused-ring (bicyclic) bond motifs is 1. The van der Waals surface area contributed by atoms with Crippen LogP contribution in [-0.2, 0) is 4.79 Å². The summed E-state index contributed by atoms with van der Waals surface area (Å²) in [6.45, 7) is 0.708. The van der Waals surface area contributed by atoms with Crippen molar-refractivity contribution in [3.63, 3.8) is 0 Å². The zero-order chi connectivity index (χ0) is 13.4. The number of nitrogens with two attached hydrogens (primary N) is 1. The van der Waals surface area contributed by atoms with Crippen molar-refractivity contribution in [1.82, 2.24) is 15.1 Å². The predicted octanol–water partition coefficient (Wildman–Crippen LogP) is 1.18. The molecule has 1 atom stereocenters. The number of amides is 1. The van der Waals surface area contributed by atoms with Crippen LogP contribution in [0.25, 0.3) is 10.9 Å². The Labute approximate surface area is 111 Å². The van der Waals surface area contributed by atoms with E-state index < -0.39 is 0 Å². The van der Waals surface area contributed by atoms with Crippen LogP contribution >= 0.6 is 0 Å². The van der Waals surface area contributed by atoms with Gasteiger partial charge < -0.3 is 16.0 Å². The molecule has 100 valence electrons. The highest BCUT2D eigenvalue weighted by Gasteiger charge is 2.23. The number of likely N-dealkylation sites (tertiary alicyclic amines) is 1. The number of rotatable bonds is 2. The minimum Gasteiger partial charge on any atom is -0.397 e. The number of hydrogen-bond acceptors (Lipinski definition) is 4. The molecular weight excluding hydrogens is 242 g/mol. The summed E-state index contributed by atoms with van der Waals surface area (Å²) in [5.74, 6) is 0.204. The summed E-state index contributed by atoms with van der Waals surface area (Å²) in [4.78, 5) is 13.2. The third-order valence-electron chi connectivity index (χ3n) is 3.60. The molecule has 1 aromatic carbocycles. The predicted molar refractivity (Wildman–Crippen MR) is 74.8 cm³/mol. The maximum absolute atomic E-state index is 11.5. The number of aromatic nitrogens is 2. The van der Waals surface area contributed by atoms with Crippen molar-refractivity contribution in [1.29, 1.82) is 0 Å². The van der Waals surface area contributed by atoms with E-state index in [1.54, 1.807) is 11.1 Å². The first-order valence-electron chi connectivity index (χ1n) is 6.36. The summed E-state index contributed by atoms with van der Waals surface area (Å²) >= 11 is 0. The summed E-state index contributed by atoms with van der Waals surface area (Å²) < 4.78 is 0. The molecule has 4 N–H and O–H groups in total. The highest BCUT2D eigenvalue weighted by Crippen LogP contribution is 2.26. The normalized spacial score (nSPS) is 19.9. The Kier molecular flexibility index (Phi) is 2.77. The molecule has 1 aromatic heterocycles. The van der Waals surface area contributed by atoms with Crippen LogP contribution in [0.1, 0.15) is 12.8 Å². The lowest BCUT2D eigenvalue weighted by Gasteiger charge is -2.31. The van der Waals surface area contributed by atoms with E-state index in [-0.39, 0.29) is 11.9 Å². The third-order valence-corrected chi connectivity index (χ3v) is 3.60. The number of likely N-dealkylation sites (N-methyl/N-ethyl adjacent to an activating group) is 1. The minimum atomic E-state index is 0.204. The minimum absolute atomic E-state index is 0.204. The quantitative estimate of drug-likeness (QED) is 0.707. The SMILES string of the molecule is CN1CC(Nc2cc3[nH]ncc3cc2N)CCC1=O. The lowest BCUT2D eigenvalue weighted by Crippen LogP contribution is -2.43. The summed E-state index contributed by atoms with van der Waals surface area (Å²) in [6.07, 6.45) is 3.17. The van der Waals surface area contributed by atoms with Gasteiger partial charge in [0, 0.05) is 31.4 Å². The highest BCUT2D eigenvalue weighted by molar-refractivity contribution is 5.88. The number of carbonyl (C=O) groups excluding carboxylic acids is 1. The van der Waals surface area contributed by atoms with E-state index in [2.05, 4.69) is 15.5 Å². The molecule has 1 fully saturated rings. The number of hydrogen-bond donors (Lipinski definition) is 3. The van der Waals surface area contributed by atoms with Gasteiger partial charge >= 0.3 is 0 Å². The van der Waals surface area contributed by atoms with Gasteiger partial charge in [-0.2, -0.15) is 5.10 Å². The van der Waals surface area contributed by atoms with Crippen LogP contribution in [0, 0.1) is 0 Å². The maximum atomic E-state index is 11.5. The number of benzene rings is 1. The van der Waals surface area contributed by atoms with Crippen LogP contribution in [0.3, 0.4) is 0 Å². The Bertz CT molecular complexity index is 621. The zero-order valence-corrected chi connectivity index (χ0v) is 10.8. The second kappa shape index (κ2) is 4.46. The topological polar surface area (TPSA) is 87.0 Å². The van der Waals surface area contributed by atoms with Crippen LogP contribution < -0.4 is 11.1 Å². The van der Waals surface area contributed by atoms with Crippen LogP contribution in [0.2, 0.25) is 0 Å². The van der Waals surface area contributed by atoms with Crippen LogP contribution in [0.4, 0.5) is 11.4 Å². The van der Waals surface area contributed by atoms with Crippen LogP contribution in [0.15, 0.2) is 18.3 Å². The molecule has 0 aliphatic carbocycles. The standard InChI is InChI=1S/C13H17N5O/c1-18-7-9(2-3-13(18)19)16-12-5-11-8(4-10(12)14)6-15-17-11/h4-6,9,16H,2-3,7,14H2,1H3,(H,15,17). The molecule has 2 aromatic rings. The fourth-order valence-corrected chi connectivity index (χ4v) is 2.48. The van der Waals surface area contributed by atoms with E-state index in [1.165, 1.54) is 0 Å². The molecule has 0 radical (unpaired) electrons. The largest absolute Gasteiger partial charge is 0.397 e. The molecule has 1 amide bonds. The zero-order valence-electron chi connectivity index (χ0n) is 10.8. The number of aromatic amines is 1. The number of nitrogen functional groups attached to an aromatic ring is 1. The van der Waals surface area contributed by atoms with Gasteiger partial charge in [0.15, 0.2) is 0 Å². The maximum Gasteiger partial charge on any atom is 0.222 e. The number of carbonyl (C=O) groups is 1. The van der Waals surface area contributed by atoms with Crippen molar-refractivity contribution in [2.45, 2.75) is 18.9 Å². The van der Waals surface area contributed by atoms with Crippen molar-refractivity contribution in [3.8, 4) is 0 Å². The Morgan fingerprint density at radius 3 is 3.16 bits per heavy atom. The van der Waals surface area contributed by atoms with Crippen LogP contribution in [-0.4, -0.2) is 40.6 Å². The number of piperidine rings is 1. The Morgan fingerprint density at radius 1 is 1.53 bits per heavy atom. The first-order chi connectivity index (χ1) is 9.13. The molecule has 6 nitrogen and oxygen atoms in total. The summed E-state index contributed by atoms with van der Waals surface area (Å²) in [7, 11) is 1.83. The molecule has 0 spiro atoms. The molecule has 1 saturated heterocycles. The Balaban J connectivity index is 1.81. The molecule has 1 aliphatic heterocycles. The second-order valence-electron chi connectivity index (χ2n) is 5.05. The number of nitrogens with one attached hydrogen (secondary N) is 2. The number of H-pyrrole nitrogens is 1. The monoisotopic (exact) mass is 259 g/mol. The summed E-state index contributed by atoms with van der Waals surface area (Å²) in [5.41, 5.74) is 8.59. The van der Waals surface area contributed by atoms with Gasteiger partial charge in [0.25, 0.3) is 0 Å². The Morgan fingerprint density at radius 2 is 2.37 bits per heavy atom. The van der Waals surface area contributed by atoms with Gasteiger partial charge in [-0.3, -0.25) is 9.89 Å². The third kappa shape index (κ3) is 2.21. The average molecular weight is 259 g/mol. The summed E-state index contributed by atoms with van der Waals surface area (Å²) in [6, 6.07) is 4.11. The number of nitrogens with zero attached hydrogens (tertiary/aromatic N) is 2.